The topological polar surface area (TPSA) is 40.5 Å². The number of aliphatic hydroxyl groups excluding tert-OH is 2. The molecule has 3 rings (SSSR count). The molecule has 98 valence electrons. The van der Waals surface area contributed by atoms with Gasteiger partial charge in [-0.15, -0.1) is 0 Å². The molecule has 0 aromatic rings. The lowest BCUT2D eigenvalue weighted by molar-refractivity contribution is 0.0189. The number of aliphatic hydroxyl groups is 2. The highest BCUT2D eigenvalue weighted by molar-refractivity contribution is 5.18. The predicted octanol–water partition coefficient (Wildman–Crippen LogP) is 2.58. The van der Waals surface area contributed by atoms with Gasteiger partial charge in [-0.1, -0.05) is 27.7 Å². The van der Waals surface area contributed by atoms with Crippen LogP contribution >= 0.6 is 0 Å². The van der Waals surface area contributed by atoms with Crippen molar-refractivity contribution in [3.8, 4) is 0 Å². The van der Waals surface area contributed by atoms with Crippen LogP contribution in [0.5, 0.6) is 0 Å². The van der Waals surface area contributed by atoms with Gasteiger partial charge in [0, 0.05) is 0 Å². The number of hydrogen-bond acceptors (Lipinski definition) is 2. The van der Waals surface area contributed by atoms with E-state index in [4.69, 9.17) is 0 Å². The van der Waals surface area contributed by atoms with Crippen LogP contribution in [0, 0.1) is 28.1 Å². The molecule has 2 heteroatoms. The Bertz CT molecular complexity index is 351. The molecule has 0 spiro atoms. The Morgan fingerprint density at radius 1 is 0.882 bits per heavy atom. The Morgan fingerprint density at radius 2 is 1.53 bits per heavy atom. The molecule has 3 fully saturated rings. The summed E-state index contributed by atoms with van der Waals surface area (Å²) in [5.74, 6) is 1.20. The van der Waals surface area contributed by atoms with Gasteiger partial charge in [-0.3, -0.25) is 0 Å². The van der Waals surface area contributed by atoms with E-state index in [1.807, 2.05) is 0 Å². The Balaban J connectivity index is 2.03. The third-order valence-electron chi connectivity index (χ3n) is 6.50. The monoisotopic (exact) mass is 238 g/mol. The highest BCUT2D eigenvalue weighted by Gasteiger charge is 2.69. The van der Waals surface area contributed by atoms with Gasteiger partial charge < -0.3 is 10.2 Å². The van der Waals surface area contributed by atoms with Crippen molar-refractivity contribution in [2.45, 2.75) is 65.6 Å². The maximum Gasteiger partial charge on any atom is 0.0601 e. The third kappa shape index (κ3) is 1.34. The summed E-state index contributed by atoms with van der Waals surface area (Å²) in [5, 5.41) is 20.8. The fourth-order valence-electron chi connectivity index (χ4n) is 5.36. The molecule has 17 heavy (non-hydrogen) atoms. The van der Waals surface area contributed by atoms with Crippen LogP contribution in [0.15, 0.2) is 0 Å². The molecule has 3 aliphatic carbocycles. The van der Waals surface area contributed by atoms with Crippen molar-refractivity contribution in [2.24, 2.45) is 28.1 Å². The molecule has 0 saturated heterocycles. The average Bonchev–Trinajstić information content (AvgIpc) is 2.81. The lowest BCUT2D eigenvalue weighted by Gasteiger charge is -2.38. The standard InChI is InChI=1S/C15H26O2/c1-13(2)8-11(17)14(3)6-5-10(16)15(4)7-9(15)12(13)14/h9-12,16-17H,5-8H2,1-4H3/t9-,10-,11-,12?,14-,15-/m1/s1. The van der Waals surface area contributed by atoms with Crippen molar-refractivity contribution in [1.29, 1.82) is 0 Å². The predicted molar refractivity (Wildman–Crippen MR) is 67.5 cm³/mol. The minimum atomic E-state index is -0.183. The summed E-state index contributed by atoms with van der Waals surface area (Å²) in [5.41, 5.74) is 0.397. The molecule has 0 aliphatic heterocycles. The first-order valence-electron chi connectivity index (χ1n) is 7.08. The van der Waals surface area contributed by atoms with Gasteiger partial charge in [0.25, 0.3) is 0 Å². The Labute approximate surface area is 104 Å². The summed E-state index contributed by atoms with van der Waals surface area (Å²) < 4.78 is 0. The summed E-state index contributed by atoms with van der Waals surface area (Å²) >= 11 is 0. The molecule has 0 amide bonds. The summed E-state index contributed by atoms with van der Waals surface area (Å²) in [7, 11) is 0. The molecule has 3 saturated carbocycles. The molecule has 0 heterocycles. The van der Waals surface area contributed by atoms with Crippen molar-refractivity contribution < 1.29 is 10.2 Å². The maximum atomic E-state index is 10.5. The van der Waals surface area contributed by atoms with Gasteiger partial charge in [-0.2, -0.15) is 0 Å². The lowest BCUT2D eigenvalue weighted by Crippen LogP contribution is -2.36. The second-order valence-electron chi connectivity index (χ2n) is 8.06. The normalized spacial score (nSPS) is 60.4. The molecule has 1 unspecified atom stereocenters. The molecule has 2 nitrogen and oxygen atoms in total. The molecule has 0 aromatic heterocycles. The van der Waals surface area contributed by atoms with E-state index in [0.29, 0.717) is 11.8 Å². The highest BCUT2D eigenvalue weighted by atomic mass is 16.3. The van der Waals surface area contributed by atoms with Crippen LogP contribution in [-0.2, 0) is 0 Å². The van der Waals surface area contributed by atoms with Gasteiger partial charge in [-0.05, 0) is 53.8 Å². The quantitative estimate of drug-likeness (QED) is 0.681. The van der Waals surface area contributed by atoms with E-state index in [9.17, 15) is 10.2 Å². The van der Waals surface area contributed by atoms with Crippen LogP contribution in [-0.4, -0.2) is 22.4 Å². The lowest BCUT2D eigenvalue weighted by atomic mass is 9.66. The zero-order valence-electron chi connectivity index (χ0n) is 11.5. The fourth-order valence-corrected chi connectivity index (χ4v) is 5.36. The van der Waals surface area contributed by atoms with E-state index in [-0.39, 0.29) is 28.5 Å². The van der Waals surface area contributed by atoms with Crippen LogP contribution < -0.4 is 0 Å². The number of rotatable bonds is 0. The molecular weight excluding hydrogens is 212 g/mol. The Hall–Kier alpha value is -0.0800. The number of hydrogen-bond donors (Lipinski definition) is 2. The van der Waals surface area contributed by atoms with E-state index in [1.54, 1.807) is 0 Å². The van der Waals surface area contributed by atoms with Crippen molar-refractivity contribution in [3.63, 3.8) is 0 Å². The molecule has 0 aromatic carbocycles. The van der Waals surface area contributed by atoms with Gasteiger partial charge in [0.2, 0.25) is 0 Å². The van der Waals surface area contributed by atoms with Crippen LogP contribution in [0.1, 0.15) is 53.4 Å². The molecule has 0 bridgehead atoms. The Morgan fingerprint density at radius 3 is 2.18 bits per heavy atom. The van der Waals surface area contributed by atoms with Gasteiger partial charge >= 0.3 is 0 Å². The van der Waals surface area contributed by atoms with Crippen molar-refractivity contribution >= 4 is 0 Å². The average molecular weight is 238 g/mol. The van der Waals surface area contributed by atoms with E-state index < -0.39 is 0 Å². The highest BCUT2D eigenvalue weighted by Crippen LogP contribution is 2.73. The van der Waals surface area contributed by atoms with Gasteiger partial charge in [0.05, 0.1) is 12.2 Å². The van der Waals surface area contributed by atoms with E-state index in [1.165, 1.54) is 0 Å². The minimum Gasteiger partial charge on any atom is -0.393 e. The maximum absolute atomic E-state index is 10.5. The fraction of sp³-hybridized carbons (Fsp3) is 1.00. The molecule has 2 N–H and O–H groups in total. The van der Waals surface area contributed by atoms with Crippen LogP contribution in [0.3, 0.4) is 0 Å². The van der Waals surface area contributed by atoms with E-state index in [2.05, 4.69) is 27.7 Å². The van der Waals surface area contributed by atoms with Gasteiger partial charge in [0.15, 0.2) is 0 Å². The SMILES string of the molecule is CC1(C)C[C@@H](O)[C@@]2(C)CC[C@@H](O)[C@]3(C)C[C@@H]3C12. The summed E-state index contributed by atoms with van der Waals surface area (Å²) in [6.07, 6.45) is 3.60. The molecular formula is C15H26O2. The van der Waals surface area contributed by atoms with Crippen LogP contribution in [0.25, 0.3) is 0 Å². The largest absolute Gasteiger partial charge is 0.393 e. The zero-order valence-corrected chi connectivity index (χ0v) is 11.5. The number of fused-ring (bicyclic) bond motifs is 3. The van der Waals surface area contributed by atoms with Crippen molar-refractivity contribution in [1.82, 2.24) is 0 Å². The second kappa shape index (κ2) is 3.08. The minimum absolute atomic E-state index is 0.0312. The molecule has 3 aliphatic rings. The summed E-state index contributed by atoms with van der Waals surface area (Å²) in [6, 6.07) is 0. The third-order valence-corrected chi connectivity index (χ3v) is 6.50. The summed E-state index contributed by atoms with van der Waals surface area (Å²) in [4.78, 5) is 0. The smallest absolute Gasteiger partial charge is 0.0601 e. The second-order valence-corrected chi connectivity index (χ2v) is 8.06. The molecule has 0 radical (unpaired) electrons. The van der Waals surface area contributed by atoms with Crippen molar-refractivity contribution in [2.75, 3.05) is 0 Å². The van der Waals surface area contributed by atoms with Crippen LogP contribution in [0.4, 0.5) is 0 Å². The molecule has 6 atom stereocenters. The van der Waals surface area contributed by atoms with Gasteiger partial charge in [-0.25, -0.2) is 0 Å². The van der Waals surface area contributed by atoms with E-state index in [0.717, 1.165) is 25.7 Å². The zero-order chi connectivity index (χ0) is 12.6. The summed E-state index contributed by atoms with van der Waals surface area (Å²) in [6.45, 7) is 9.12. The van der Waals surface area contributed by atoms with Gasteiger partial charge in [0.1, 0.15) is 0 Å². The first-order chi connectivity index (χ1) is 7.72. The first kappa shape index (κ1) is 12.0. The Kier molecular flexibility index (Phi) is 2.17. The van der Waals surface area contributed by atoms with E-state index >= 15 is 0 Å². The van der Waals surface area contributed by atoms with Crippen LogP contribution in [0.2, 0.25) is 0 Å². The first-order valence-corrected chi connectivity index (χ1v) is 7.08. The van der Waals surface area contributed by atoms with Crippen molar-refractivity contribution in [3.05, 3.63) is 0 Å².